The van der Waals surface area contributed by atoms with Gasteiger partial charge in [-0.25, -0.2) is 0 Å². The molecular formula is C11H23N. The Morgan fingerprint density at radius 3 is 2.50 bits per heavy atom. The van der Waals surface area contributed by atoms with E-state index in [2.05, 4.69) is 38.2 Å². The second kappa shape index (κ2) is 8.79. The van der Waals surface area contributed by atoms with Gasteiger partial charge in [0.1, 0.15) is 0 Å². The fourth-order valence-corrected chi connectivity index (χ4v) is 1.11. The second-order valence-corrected chi connectivity index (χ2v) is 3.16. The molecule has 0 aliphatic rings. The zero-order valence-electron chi connectivity index (χ0n) is 8.77. The van der Waals surface area contributed by atoms with Gasteiger partial charge in [-0.15, -0.1) is 0 Å². The number of unbranched alkanes of at least 4 members (excludes halogenated alkanes) is 1. The predicted octanol–water partition coefficient (Wildman–Crippen LogP) is 3.12. The van der Waals surface area contributed by atoms with Crippen LogP contribution in [0.2, 0.25) is 0 Å². The molecular weight excluding hydrogens is 146 g/mol. The van der Waals surface area contributed by atoms with Crippen LogP contribution in [0.5, 0.6) is 0 Å². The van der Waals surface area contributed by atoms with Crippen molar-refractivity contribution in [3.8, 4) is 0 Å². The molecule has 0 amide bonds. The molecule has 1 unspecified atom stereocenters. The highest BCUT2D eigenvalue weighted by molar-refractivity contribution is 4.91. The Labute approximate surface area is 77.2 Å². The number of allylic oxidation sites excluding steroid dienone is 1. The molecule has 0 aliphatic heterocycles. The van der Waals surface area contributed by atoms with Crippen LogP contribution in [0.4, 0.5) is 0 Å². The fourth-order valence-electron chi connectivity index (χ4n) is 1.11. The highest BCUT2D eigenvalue weighted by atomic mass is 14.9. The monoisotopic (exact) mass is 169 g/mol. The smallest absolute Gasteiger partial charge is 0.0247 e. The van der Waals surface area contributed by atoms with Crippen molar-refractivity contribution in [1.29, 1.82) is 0 Å². The number of rotatable bonds is 7. The first-order chi connectivity index (χ1) is 5.85. The number of nitrogens with one attached hydrogen (secondary N) is 1. The first kappa shape index (κ1) is 11.7. The molecule has 72 valence electrons. The fraction of sp³-hybridized carbons (Fsp3) is 0.818. The summed E-state index contributed by atoms with van der Waals surface area (Å²) in [5, 5.41) is 3.52. The van der Waals surface area contributed by atoms with Crippen molar-refractivity contribution in [3.63, 3.8) is 0 Å². The van der Waals surface area contributed by atoms with Crippen LogP contribution < -0.4 is 5.32 Å². The first-order valence-corrected chi connectivity index (χ1v) is 5.25. The third kappa shape index (κ3) is 6.41. The zero-order valence-corrected chi connectivity index (χ0v) is 8.77. The largest absolute Gasteiger partial charge is 0.311 e. The van der Waals surface area contributed by atoms with Crippen LogP contribution in [-0.4, -0.2) is 12.6 Å². The maximum Gasteiger partial charge on any atom is 0.0247 e. The molecule has 0 bridgehead atoms. The number of hydrogen-bond acceptors (Lipinski definition) is 1. The maximum absolute atomic E-state index is 3.52. The van der Waals surface area contributed by atoms with Gasteiger partial charge in [-0.3, -0.25) is 0 Å². The molecule has 0 aromatic heterocycles. The minimum Gasteiger partial charge on any atom is -0.311 e. The lowest BCUT2D eigenvalue weighted by Crippen LogP contribution is -2.27. The molecule has 0 radical (unpaired) electrons. The quantitative estimate of drug-likeness (QED) is 0.456. The average Bonchev–Trinajstić information content (AvgIpc) is 2.11. The molecule has 0 aromatic carbocycles. The van der Waals surface area contributed by atoms with E-state index in [0.717, 1.165) is 13.0 Å². The van der Waals surface area contributed by atoms with Crippen LogP contribution in [-0.2, 0) is 0 Å². The number of hydrogen-bond donors (Lipinski definition) is 1. The van der Waals surface area contributed by atoms with E-state index in [1.807, 2.05) is 0 Å². The van der Waals surface area contributed by atoms with E-state index in [1.165, 1.54) is 19.3 Å². The molecule has 0 aromatic rings. The third-order valence-electron chi connectivity index (χ3n) is 1.98. The first-order valence-electron chi connectivity index (χ1n) is 5.25. The minimum absolute atomic E-state index is 0.594. The molecule has 0 saturated carbocycles. The summed E-state index contributed by atoms with van der Waals surface area (Å²) in [6.07, 6.45) is 9.44. The van der Waals surface area contributed by atoms with Crippen LogP contribution in [0.3, 0.4) is 0 Å². The molecule has 0 spiro atoms. The summed E-state index contributed by atoms with van der Waals surface area (Å²) in [5.41, 5.74) is 0. The van der Waals surface area contributed by atoms with Crippen molar-refractivity contribution in [2.24, 2.45) is 0 Å². The molecule has 0 fully saturated rings. The molecule has 1 heteroatoms. The van der Waals surface area contributed by atoms with Crippen LogP contribution in [0.25, 0.3) is 0 Å². The van der Waals surface area contributed by atoms with Crippen molar-refractivity contribution in [3.05, 3.63) is 12.2 Å². The van der Waals surface area contributed by atoms with Crippen molar-refractivity contribution >= 4 is 0 Å². The lowest BCUT2D eigenvalue weighted by Gasteiger charge is -2.11. The maximum atomic E-state index is 3.52. The van der Waals surface area contributed by atoms with Crippen LogP contribution in [0.15, 0.2) is 12.2 Å². The normalized spacial score (nSPS) is 13.9. The van der Waals surface area contributed by atoms with E-state index in [1.54, 1.807) is 0 Å². The summed E-state index contributed by atoms with van der Waals surface area (Å²) < 4.78 is 0. The van der Waals surface area contributed by atoms with E-state index < -0.39 is 0 Å². The summed E-state index contributed by atoms with van der Waals surface area (Å²) in [5.74, 6) is 0. The average molecular weight is 169 g/mol. The van der Waals surface area contributed by atoms with E-state index >= 15 is 0 Å². The molecule has 1 N–H and O–H groups in total. The SMILES string of the molecule is CCC=CC(CC)NCCCC. The Hall–Kier alpha value is -0.300. The second-order valence-electron chi connectivity index (χ2n) is 3.16. The Morgan fingerprint density at radius 1 is 1.25 bits per heavy atom. The Bertz CT molecular complexity index is 108. The van der Waals surface area contributed by atoms with Gasteiger partial charge >= 0.3 is 0 Å². The predicted molar refractivity (Wildman–Crippen MR) is 56.4 cm³/mol. The van der Waals surface area contributed by atoms with E-state index in [4.69, 9.17) is 0 Å². The summed E-state index contributed by atoms with van der Waals surface area (Å²) >= 11 is 0. The van der Waals surface area contributed by atoms with Gasteiger partial charge in [0.15, 0.2) is 0 Å². The van der Waals surface area contributed by atoms with Gasteiger partial charge in [-0.2, -0.15) is 0 Å². The molecule has 0 heterocycles. The van der Waals surface area contributed by atoms with Crippen molar-refractivity contribution in [1.82, 2.24) is 5.32 Å². The highest BCUT2D eigenvalue weighted by Crippen LogP contribution is 1.95. The molecule has 12 heavy (non-hydrogen) atoms. The van der Waals surface area contributed by atoms with Gasteiger partial charge < -0.3 is 5.32 Å². The van der Waals surface area contributed by atoms with Crippen molar-refractivity contribution in [2.45, 2.75) is 52.5 Å². The summed E-state index contributed by atoms with van der Waals surface area (Å²) in [6, 6.07) is 0.594. The van der Waals surface area contributed by atoms with Gasteiger partial charge in [-0.1, -0.05) is 39.3 Å². The zero-order chi connectivity index (χ0) is 9.23. The van der Waals surface area contributed by atoms with Gasteiger partial charge in [0.25, 0.3) is 0 Å². The molecule has 0 rings (SSSR count). The summed E-state index contributed by atoms with van der Waals surface area (Å²) in [7, 11) is 0. The van der Waals surface area contributed by atoms with Crippen LogP contribution >= 0.6 is 0 Å². The van der Waals surface area contributed by atoms with Gasteiger partial charge in [-0.05, 0) is 25.8 Å². The minimum atomic E-state index is 0.594. The highest BCUT2D eigenvalue weighted by Gasteiger charge is 1.97. The van der Waals surface area contributed by atoms with Crippen LogP contribution in [0.1, 0.15) is 46.5 Å². The Kier molecular flexibility index (Phi) is 8.57. The van der Waals surface area contributed by atoms with E-state index in [-0.39, 0.29) is 0 Å². The van der Waals surface area contributed by atoms with Gasteiger partial charge in [0.2, 0.25) is 0 Å². The van der Waals surface area contributed by atoms with Gasteiger partial charge in [0, 0.05) is 6.04 Å². The standard InChI is InChI=1S/C11H23N/c1-4-7-9-11(6-3)12-10-8-5-2/h7,9,11-12H,4-6,8,10H2,1-3H3. The lowest BCUT2D eigenvalue weighted by molar-refractivity contribution is 0.557. The van der Waals surface area contributed by atoms with Crippen molar-refractivity contribution < 1.29 is 0 Å². The molecule has 0 saturated heterocycles. The van der Waals surface area contributed by atoms with Crippen molar-refractivity contribution in [2.75, 3.05) is 6.54 Å². The summed E-state index contributed by atoms with van der Waals surface area (Å²) in [4.78, 5) is 0. The van der Waals surface area contributed by atoms with E-state index in [0.29, 0.717) is 6.04 Å². The lowest BCUT2D eigenvalue weighted by atomic mass is 10.2. The summed E-state index contributed by atoms with van der Waals surface area (Å²) in [6.45, 7) is 7.78. The van der Waals surface area contributed by atoms with Gasteiger partial charge in [0.05, 0.1) is 0 Å². The Morgan fingerprint density at radius 2 is 2.00 bits per heavy atom. The molecule has 0 aliphatic carbocycles. The molecule has 1 nitrogen and oxygen atoms in total. The Balaban J connectivity index is 3.46. The molecule has 1 atom stereocenters. The van der Waals surface area contributed by atoms with Crippen LogP contribution in [0, 0.1) is 0 Å². The van der Waals surface area contributed by atoms with E-state index in [9.17, 15) is 0 Å². The topological polar surface area (TPSA) is 12.0 Å². The third-order valence-corrected chi connectivity index (χ3v) is 1.98.